The molecule has 0 radical (unpaired) electrons. The zero-order valence-electron chi connectivity index (χ0n) is 13.0. The summed E-state index contributed by atoms with van der Waals surface area (Å²) in [5.41, 5.74) is 1.07. The third-order valence-corrected chi connectivity index (χ3v) is 5.52. The van der Waals surface area contributed by atoms with Crippen LogP contribution in [0.3, 0.4) is 0 Å². The van der Waals surface area contributed by atoms with Crippen LogP contribution < -0.4 is 5.14 Å². The molecular formula is C16H16Cl2N2O3S. The van der Waals surface area contributed by atoms with Crippen molar-refractivity contribution in [2.24, 2.45) is 5.14 Å². The van der Waals surface area contributed by atoms with Gasteiger partial charge in [-0.15, -0.1) is 0 Å². The quantitative estimate of drug-likeness (QED) is 0.872. The zero-order valence-corrected chi connectivity index (χ0v) is 15.4. The molecule has 0 heterocycles. The fourth-order valence-corrected chi connectivity index (χ4v) is 3.09. The Kier molecular flexibility index (Phi) is 5.55. The maximum atomic E-state index is 12.6. The van der Waals surface area contributed by atoms with Crippen molar-refractivity contribution in [1.82, 2.24) is 4.90 Å². The number of hydrogen-bond acceptors (Lipinski definition) is 3. The smallest absolute Gasteiger partial charge is 0.255 e. The Hall–Kier alpha value is -1.60. The molecule has 1 atom stereocenters. The second kappa shape index (κ2) is 7.11. The van der Waals surface area contributed by atoms with Crippen LogP contribution in [0.4, 0.5) is 0 Å². The molecule has 8 heteroatoms. The minimum atomic E-state index is -3.75. The van der Waals surface area contributed by atoms with Gasteiger partial charge in [0.15, 0.2) is 0 Å². The first-order chi connectivity index (χ1) is 11.1. The first-order valence-electron chi connectivity index (χ1n) is 6.97. The van der Waals surface area contributed by atoms with Gasteiger partial charge in [0, 0.05) is 7.05 Å². The lowest BCUT2D eigenvalue weighted by molar-refractivity contribution is 0.0742. The Morgan fingerprint density at radius 1 is 1.12 bits per heavy atom. The standard InChI is InChI=1S/C16H16Cl2N2O3S/c1-10(11-6-8-12(9-7-11)24(19,22)23)20(2)16(21)13-4-3-5-14(17)15(13)18/h3-10H,1-2H3,(H2,19,22,23). The number of nitrogens with zero attached hydrogens (tertiary/aromatic N) is 1. The second-order valence-electron chi connectivity index (χ2n) is 5.31. The first-order valence-corrected chi connectivity index (χ1v) is 9.27. The largest absolute Gasteiger partial charge is 0.335 e. The molecule has 24 heavy (non-hydrogen) atoms. The Balaban J connectivity index is 2.27. The fourth-order valence-electron chi connectivity index (χ4n) is 2.19. The molecule has 128 valence electrons. The van der Waals surface area contributed by atoms with Gasteiger partial charge in [0.05, 0.1) is 26.5 Å². The lowest BCUT2D eigenvalue weighted by Crippen LogP contribution is -2.30. The topological polar surface area (TPSA) is 80.5 Å². The molecule has 0 saturated carbocycles. The highest BCUT2D eigenvalue weighted by molar-refractivity contribution is 7.89. The van der Waals surface area contributed by atoms with Crippen molar-refractivity contribution < 1.29 is 13.2 Å². The predicted octanol–water partition coefficient (Wildman–Crippen LogP) is 3.47. The van der Waals surface area contributed by atoms with E-state index >= 15 is 0 Å². The number of carbonyl (C=O) groups excluding carboxylic acids is 1. The fraction of sp³-hybridized carbons (Fsp3) is 0.188. The highest BCUT2D eigenvalue weighted by atomic mass is 35.5. The number of hydrogen-bond donors (Lipinski definition) is 1. The minimum Gasteiger partial charge on any atom is -0.335 e. The summed E-state index contributed by atoms with van der Waals surface area (Å²) in [5, 5.41) is 5.59. The van der Waals surface area contributed by atoms with E-state index in [4.69, 9.17) is 28.3 Å². The summed E-state index contributed by atoms with van der Waals surface area (Å²) >= 11 is 12.0. The number of amides is 1. The number of halogens is 2. The van der Waals surface area contributed by atoms with Crippen LogP contribution in [0.25, 0.3) is 0 Å². The minimum absolute atomic E-state index is 0.0188. The van der Waals surface area contributed by atoms with E-state index in [1.807, 2.05) is 6.92 Å². The van der Waals surface area contributed by atoms with Gasteiger partial charge in [0.25, 0.3) is 5.91 Å². The molecule has 0 spiro atoms. The van der Waals surface area contributed by atoms with Crippen LogP contribution in [0, 0.1) is 0 Å². The van der Waals surface area contributed by atoms with Crippen molar-refractivity contribution >= 4 is 39.1 Å². The van der Waals surface area contributed by atoms with E-state index in [1.54, 1.807) is 37.4 Å². The molecule has 1 unspecified atom stereocenters. The Labute approximate surface area is 151 Å². The molecule has 0 bridgehead atoms. The van der Waals surface area contributed by atoms with Crippen molar-refractivity contribution in [1.29, 1.82) is 0 Å². The van der Waals surface area contributed by atoms with E-state index in [2.05, 4.69) is 0 Å². The molecule has 2 N–H and O–H groups in total. The van der Waals surface area contributed by atoms with Crippen molar-refractivity contribution in [3.05, 3.63) is 63.6 Å². The third-order valence-electron chi connectivity index (χ3n) is 3.77. The number of primary sulfonamides is 1. The van der Waals surface area contributed by atoms with Crippen molar-refractivity contribution in [3.63, 3.8) is 0 Å². The molecule has 1 amide bonds. The summed E-state index contributed by atoms with van der Waals surface area (Å²) in [7, 11) is -2.11. The van der Waals surface area contributed by atoms with E-state index in [0.717, 1.165) is 5.56 Å². The van der Waals surface area contributed by atoms with Crippen LogP contribution >= 0.6 is 23.2 Å². The van der Waals surface area contributed by atoms with Crippen molar-refractivity contribution in [2.45, 2.75) is 17.9 Å². The van der Waals surface area contributed by atoms with E-state index in [0.29, 0.717) is 10.6 Å². The summed E-state index contributed by atoms with van der Waals surface area (Å²) in [5.74, 6) is -0.287. The molecule has 0 aliphatic rings. The number of carbonyl (C=O) groups is 1. The summed E-state index contributed by atoms with van der Waals surface area (Å²) in [6.45, 7) is 1.82. The van der Waals surface area contributed by atoms with E-state index in [-0.39, 0.29) is 21.9 Å². The van der Waals surface area contributed by atoms with E-state index < -0.39 is 10.0 Å². The Bertz CT molecular complexity index is 867. The van der Waals surface area contributed by atoms with Crippen LogP contribution in [0.5, 0.6) is 0 Å². The van der Waals surface area contributed by atoms with Crippen LogP contribution in [0.2, 0.25) is 10.0 Å². The van der Waals surface area contributed by atoms with Crippen LogP contribution in [-0.4, -0.2) is 26.3 Å². The molecular weight excluding hydrogens is 371 g/mol. The highest BCUT2D eigenvalue weighted by Gasteiger charge is 2.22. The average molecular weight is 387 g/mol. The maximum absolute atomic E-state index is 12.6. The number of nitrogens with two attached hydrogens (primary N) is 1. The number of rotatable bonds is 4. The van der Waals surface area contributed by atoms with Gasteiger partial charge in [-0.1, -0.05) is 41.4 Å². The van der Waals surface area contributed by atoms with E-state index in [9.17, 15) is 13.2 Å². The molecule has 0 saturated heterocycles. The maximum Gasteiger partial charge on any atom is 0.255 e. The van der Waals surface area contributed by atoms with Gasteiger partial charge in [-0.2, -0.15) is 0 Å². The molecule has 2 rings (SSSR count). The molecule has 0 aliphatic heterocycles. The van der Waals surface area contributed by atoms with Crippen LogP contribution in [0.1, 0.15) is 28.9 Å². The lowest BCUT2D eigenvalue weighted by atomic mass is 10.1. The first kappa shape index (κ1) is 18.7. The molecule has 0 aromatic heterocycles. The van der Waals surface area contributed by atoms with Crippen LogP contribution in [-0.2, 0) is 10.0 Å². The molecule has 2 aromatic rings. The lowest BCUT2D eigenvalue weighted by Gasteiger charge is -2.26. The van der Waals surface area contributed by atoms with E-state index in [1.165, 1.54) is 17.0 Å². The second-order valence-corrected chi connectivity index (χ2v) is 7.65. The summed E-state index contributed by atoms with van der Waals surface area (Å²) in [6.07, 6.45) is 0. The normalized spacial score (nSPS) is 12.7. The molecule has 0 fully saturated rings. The third kappa shape index (κ3) is 3.89. The average Bonchev–Trinajstić information content (AvgIpc) is 2.54. The summed E-state index contributed by atoms with van der Waals surface area (Å²) < 4.78 is 22.6. The van der Waals surface area contributed by atoms with Gasteiger partial charge in [-0.05, 0) is 36.8 Å². The Morgan fingerprint density at radius 3 is 2.25 bits per heavy atom. The van der Waals surface area contributed by atoms with Crippen molar-refractivity contribution in [2.75, 3.05) is 7.05 Å². The van der Waals surface area contributed by atoms with Crippen LogP contribution in [0.15, 0.2) is 47.4 Å². The zero-order chi connectivity index (χ0) is 18.1. The molecule has 5 nitrogen and oxygen atoms in total. The highest BCUT2D eigenvalue weighted by Crippen LogP contribution is 2.29. The Morgan fingerprint density at radius 2 is 1.71 bits per heavy atom. The van der Waals surface area contributed by atoms with Gasteiger partial charge in [0.2, 0.25) is 10.0 Å². The van der Waals surface area contributed by atoms with Crippen molar-refractivity contribution in [3.8, 4) is 0 Å². The molecule has 2 aromatic carbocycles. The molecule has 0 aliphatic carbocycles. The predicted molar refractivity (Wildman–Crippen MR) is 94.8 cm³/mol. The van der Waals surface area contributed by atoms with Gasteiger partial charge in [-0.25, -0.2) is 13.6 Å². The van der Waals surface area contributed by atoms with Gasteiger partial charge < -0.3 is 4.90 Å². The monoisotopic (exact) mass is 386 g/mol. The summed E-state index contributed by atoms with van der Waals surface area (Å²) in [4.78, 5) is 14.1. The summed E-state index contributed by atoms with van der Waals surface area (Å²) in [6, 6.07) is 10.6. The SMILES string of the molecule is CC(c1ccc(S(N)(=O)=O)cc1)N(C)C(=O)c1cccc(Cl)c1Cl. The van der Waals surface area contributed by atoms with Gasteiger partial charge in [-0.3, -0.25) is 4.79 Å². The number of benzene rings is 2. The van der Waals surface area contributed by atoms with Gasteiger partial charge >= 0.3 is 0 Å². The number of sulfonamides is 1. The van der Waals surface area contributed by atoms with Gasteiger partial charge in [0.1, 0.15) is 0 Å².